The van der Waals surface area contributed by atoms with Crippen LogP contribution in [0.15, 0.2) is 12.5 Å². The Kier molecular flexibility index (Phi) is 8.24. The highest BCUT2D eigenvalue weighted by atomic mass is 16.4. The lowest BCUT2D eigenvalue weighted by atomic mass is 9.97. The molecule has 0 aromatic carbocycles. The number of aromatic amines is 1. The van der Waals surface area contributed by atoms with Gasteiger partial charge in [-0.3, -0.25) is 9.59 Å². The second-order valence-electron chi connectivity index (χ2n) is 6.83. The van der Waals surface area contributed by atoms with E-state index in [0.717, 1.165) is 0 Å². The van der Waals surface area contributed by atoms with Crippen LogP contribution >= 0.6 is 0 Å². The van der Waals surface area contributed by atoms with E-state index in [2.05, 4.69) is 20.6 Å². The van der Waals surface area contributed by atoms with Crippen LogP contribution in [0.4, 0.5) is 0 Å². The van der Waals surface area contributed by atoms with E-state index in [-0.39, 0.29) is 18.3 Å². The average Bonchev–Trinajstić information content (AvgIpc) is 3.08. The standard InChI is InChI=1S/C17H29N5O4/c1-5-10(4)14(17(25)26)22-16(24)13(9(2)3)21-15(23)12(18)6-11-7-19-8-20-11/h7-10,12-14H,5-6,18H2,1-4H3,(H,19,20)(H,21,23)(H,22,24)(H,25,26). The van der Waals surface area contributed by atoms with Crippen LogP contribution < -0.4 is 16.4 Å². The number of carbonyl (C=O) groups is 3. The summed E-state index contributed by atoms with van der Waals surface area (Å²) in [5, 5.41) is 14.5. The molecule has 4 atom stereocenters. The zero-order valence-electron chi connectivity index (χ0n) is 15.7. The summed E-state index contributed by atoms with van der Waals surface area (Å²) in [6, 6.07) is -2.74. The lowest BCUT2D eigenvalue weighted by Crippen LogP contribution is -2.57. The van der Waals surface area contributed by atoms with E-state index in [1.807, 2.05) is 6.92 Å². The largest absolute Gasteiger partial charge is 0.480 e. The molecule has 1 rings (SSSR count). The minimum absolute atomic E-state index is 0.232. The number of amides is 2. The Bertz CT molecular complexity index is 602. The average molecular weight is 367 g/mol. The minimum atomic E-state index is -1.10. The number of hydrogen-bond donors (Lipinski definition) is 5. The smallest absolute Gasteiger partial charge is 0.326 e. The number of nitrogens with zero attached hydrogens (tertiary/aromatic N) is 1. The molecule has 0 spiro atoms. The molecule has 26 heavy (non-hydrogen) atoms. The molecule has 0 aliphatic rings. The maximum absolute atomic E-state index is 12.5. The lowest BCUT2D eigenvalue weighted by Gasteiger charge is -2.27. The van der Waals surface area contributed by atoms with Crippen molar-refractivity contribution in [2.75, 3.05) is 0 Å². The molecule has 146 valence electrons. The first kappa shape index (κ1) is 21.6. The van der Waals surface area contributed by atoms with Gasteiger partial charge in [-0.05, 0) is 11.8 Å². The number of rotatable bonds is 10. The number of aliphatic carboxylic acids is 1. The maximum Gasteiger partial charge on any atom is 0.326 e. The summed E-state index contributed by atoms with van der Waals surface area (Å²) in [5.41, 5.74) is 6.60. The van der Waals surface area contributed by atoms with E-state index >= 15 is 0 Å². The number of nitrogens with one attached hydrogen (secondary N) is 3. The highest BCUT2D eigenvalue weighted by Crippen LogP contribution is 2.10. The van der Waals surface area contributed by atoms with Gasteiger partial charge in [-0.25, -0.2) is 9.78 Å². The molecule has 1 aromatic heterocycles. The number of carboxylic acid groups (broad SMARTS) is 1. The van der Waals surface area contributed by atoms with Crippen molar-refractivity contribution in [1.82, 2.24) is 20.6 Å². The fraction of sp³-hybridized carbons (Fsp3) is 0.647. The van der Waals surface area contributed by atoms with Crippen molar-refractivity contribution in [2.45, 2.75) is 58.7 Å². The first-order chi connectivity index (χ1) is 12.2. The van der Waals surface area contributed by atoms with Gasteiger partial charge in [0.05, 0.1) is 12.4 Å². The van der Waals surface area contributed by atoms with Gasteiger partial charge < -0.3 is 26.5 Å². The van der Waals surface area contributed by atoms with Gasteiger partial charge in [0, 0.05) is 18.3 Å². The van der Waals surface area contributed by atoms with E-state index in [0.29, 0.717) is 12.1 Å². The number of hydrogen-bond acceptors (Lipinski definition) is 5. The Labute approximate surface area is 153 Å². The summed E-state index contributed by atoms with van der Waals surface area (Å²) in [6.07, 6.45) is 3.92. The number of carboxylic acids is 1. The normalized spacial score (nSPS) is 15.8. The van der Waals surface area contributed by atoms with Gasteiger partial charge in [-0.2, -0.15) is 0 Å². The van der Waals surface area contributed by atoms with Crippen LogP contribution in [0.2, 0.25) is 0 Å². The van der Waals surface area contributed by atoms with Gasteiger partial charge in [0.1, 0.15) is 12.1 Å². The summed E-state index contributed by atoms with van der Waals surface area (Å²) < 4.78 is 0. The number of nitrogens with two attached hydrogens (primary N) is 1. The Morgan fingerprint density at radius 1 is 1.19 bits per heavy atom. The van der Waals surface area contributed by atoms with Gasteiger partial charge in [-0.1, -0.05) is 34.1 Å². The van der Waals surface area contributed by atoms with E-state index in [9.17, 15) is 19.5 Å². The van der Waals surface area contributed by atoms with E-state index in [1.165, 1.54) is 6.33 Å². The molecule has 2 amide bonds. The zero-order chi connectivity index (χ0) is 19.9. The third-order valence-corrected chi connectivity index (χ3v) is 4.36. The van der Waals surface area contributed by atoms with Crippen LogP contribution in [0.5, 0.6) is 0 Å². The predicted octanol–water partition coefficient (Wildman–Crippen LogP) is 0.0358. The van der Waals surface area contributed by atoms with Crippen LogP contribution in [0, 0.1) is 11.8 Å². The van der Waals surface area contributed by atoms with Crippen molar-refractivity contribution in [3.63, 3.8) is 0 Å². The second-order valence-corrected chi connectivity index (χ2v) is 6.83. The lowest BCUT2D eigenvalue weighted by molar-refractivity contribution is -0.144. The van der Waals surface area contributed by atoms with Crippen LogP contribution in [0.3, 0.4) is 0 Å². The van der Waals surface area contributed by atoms with Crippen LogP contribution in [0.1, 0.15) is 39.8 Å². The molecule has 0 aliphatic carbocycles. The fourth-order valence-electron chi connectivity index (χ4n) is 2.45. The van der Waals surface area contributed by atoms with Crippen molar-refractivity contribution in [2.24, 2.45) is 17.6 Å². The Balaban J connectivity index is 2.75. The third kappa shape index (κ3) is 6.14. The summed E-state index contributed by atoms with van der Waals surface area (Å²) in [7, 11) is 0. The molecular formula is C17H29N5O4. The summed E-state index contributed by atoms with van der Waals surface area (Å²) in [5.74, 6) is -2.58. The van der Waals surface area contributed by atoms with Crippen molar-refractivity contribution in [3.05, 3.63) is 18.2 Å². The van der Waals surface area contributed by atoms with Gasteiger partial charge in [0.25, 0.3) is 0 Å². The molecule has 0 radical (unpaired) electrons. The summed E-state index contributed by atoms with van der Waals surface area (Å²) >= 11 is 0. The molecule has 6 N–H and O–H groups in total. The van der Waals surface area contributed by atoms with Crippen molar-refractivity contribution in [3.8, 4) is 0 Å². The van der Waals surface area contributed by atoms with E-state index in [4.69, 9.17) is 5.73 Å². The Morgan fingerprint density at radius 3 is 2.27 bits per heavy atom. The van der Waals surface area contributed by atoms with Crippen LogP contribution in [0.25, 0.3) is 0 Å². The first-order valence-corrected chi connectivity index (χ1v) is 8.73. The SMILES string of the molecule is CCC(C)C(NC(=O)C(NC(=O)C(N)Cc1cnc[nH]1)C(C)C)C(=O)O. The number of H-pyrrole nitrogens is 1. The fourth-order valence-corrected chi connectivity index (χ4v) is 2.45. The topological polar surface area (TPSA) is 150 Å². The molecule has 0 saturated carbocycles. The first-order valence-electron chi connectivity index (χ1n) is 8.73. The van der Waals surface area contributed by atoms with Crippen molar-refractivity contribution < 1.29 is 19.5 Å². The Morgan fingerprint density at radius 2 is 1.81 bits per heavy atom. The maximum atomic E-state index is 12.5. The van der Waals surface area contributed by atoms with E-state index in [1.54, 1.807) is 27.0 Å². The molecule has 0 aliphatic heterocycles. The quantitative estimate of drug-likeness (QED) is 0.394. The predicted molar refractivity (Wildman–Crippen MR) is 96.1 cm³/mol. The number of imidazole rings is 1. The highest BCUT2D eigenvalue weighted by molar-refractivity contribution is 5.92. The summed E-state index contributed by atoms with van der Waals surface area (Å²) in [4.78, 5) is 43.0. The monoisotopic (exact) mass is 367 g/mol. The molecule has 9 nitrogen and oxygen atoms in total. The molecule has 0 fully saturated rings. The van der Waals surface area contributed by atoms with Gasteiger partial charge in [0.15, 0.2) is 0 Å². The molecule has 0 saturated heterocycles. The molecule has 9 heteroatoms. The summed E-state index contributed by atoms with van der Waals surface area (Å²) in [6.45, 7) is 7.14. The van der Waals surface area contributed by atoms with E-state index < -0.39 is 35.9 Å². The van der Waals surface area contributed by atoms with Gasteiger partial charge >= 0.3 is 5.97 Å². The molecule has 4 unspecified atom stereocenters. The highest BCUT2D eigenvalue weighted by Gasteiger charge is 2.31. The van der Waals surface area contributed by atoms with Crippen LogP contribution in [-0.2, 0) is 20.8 Å². The molecular weight excluding hydrogens is 338 g/mol. The van der Waals surface area contributed by atoms with Gasteiger partial charge in [-0.15, -0.1) is 0 Å². The van der Waals surface area contributed by atoms with Crippen molar-refractivity contribution >= 4 is 17.8 Å². The second kappa shape index (κ2) is 9.91. The zero-order valence-corrected chi connectivity index (χ0v) is 15.7. The number of carbonyl (C=O) groups excluding carboxylic acids is 2. The van der Waals surface area contributed by atoms with Crippen molar-refractivity contribution in [1.29, 1.82) is 0 Å². The van der Waals surface area contributed by atoms with Crippen LogP contribution in [-0.4, -0.2) is 51.0 Å². The molecule has 1 aromatic rings. The molecule has 0 bridgehead atoms. The van der Waals surface area contributed by atoms with Gasteiger partial charge in [0.2, 0.25) is 11.8 Å². The Hall–Kier alpha value is -2.42. The number of aromatic nitrogens is 2. The molecule has 1 heterocycles. The minimum Gasteiger partial charge on any atom is -0.480 e. The third-order valence-electron chi connectivity index (χ3n) is 4.36.